The molecule has 0 fully saturated rings. The van der Waals surface area contributed by atoms with E-state index in [4.69, 9.17) is 0 Å². The van der Waals surface area contributed by atoms with Crippen molar-refractivity contribution < 1.29 is 5.11 Å². The number of hydrogen-bond donors (Lipinski definition) is 1. The summed E-state index contributed by atoms with van der Waals surface area (Å²) in [5.41, 5.74) is 2.36. The maximum Gasteiger partial charge on any atom is 0.141 e. The van der Waals surface area contributed by atoms with Crippen molar-refractivity contribution in [3.8, 4) is 11.4 Å². The van der Waals surface area contributed by atoms with Crippen LogP contribution in [0, 0.1) is 5.92 Å². The molecule has 0 aliphatic carbocycles. The Morgan fingerprint density at radius 3 is 3.00 bits per heavy atom. The zero-order valence-corrected chi connectivity index (χ0v) is 11.6. The molecule has 18 heavy (non-hydrogen) atoms. The molecule has 1 aliphatic heterocycles. The van der Waals surface area contributed by atoms with Crippen LogP contribution in [0.15, 0.2) is 34.9 Å². The van der Waals surface area contributed by atoms with Gasteiger partial charge in [-0.1, -0.05) is 34.1 Å². The van der Waals surface area contributed by atoms with Crippen molar-refractivity contribution in [2.75, 3.05) is 6.61 Å². The van der Waals surface area contributed by atoms with Crippen molar-refractivity contribution in [2.45, 2.75) is 19.4 Å². The molecule has 3 nitrogen and oxygen atoms in total. The van der Waals surface area contributed by atoms with E-state index in [1.54, 1.807) is 0 Å². The van der Waals surface area contributed by atoms with Gasteiger partial charge in [-0.05, 0) is 24.8 Å². The quantitative estimate of drug-likeness (QED) is 0.926. The van der Waals surface area contributed by atoms with Crippen LogP contribution in [0.1, 0.15) is 12.1 Å². The Balaban J connectivity index is 2.01. The first kappa shape index (κ1) is 11.9. The lowest BCUT2D eigenvalue weighted by Crippen LogP contribution is -2.21. The van der Waals surface area contributed by atoms with Crippen molar-refractivity contribution in [3.05, 3.63) is 40.6 Å². The normalized spacial score (nSPS) is 18.7. The summed E-state index contributed by atoms with van der Waals surface area (Å²) >= 11 is 3.58. The number of aliphatic hydroxyl groups is 1. The number of rotatable bonds is 2. The lowest BCUT2D eigenvalue weighted by Gasteiger charge is -2.23. The molecule has 1 aliphatic rings. The first-order chi connectivity index (χ1) is 8.79. The minimum Gasteiger partial charge on any atom is -0.396 e. The average molecular weight is 307 g/mol. The number of aliphatic hydroxyl groups excluding tert-OH is 1. The SMILES string of the molecule is OCC1CCn2c(cnc2-c2ccccc2Br)C1. The summed E-state index contributed by atoms with van der Waals surface area (Å²) in [5, 5.41) is 9.25. The van der Waals surface area contributed by atoms with E-state index in [-0.39, 0.29) is 6.61 Å². The Kier molecular flexibility index (Phi) is 3.22. The fraction of sp³-hybridized carbons (Fsp3) is 0.357. The predicted octanol–water partition coefficient (Wildman–Crippen LogP) is 2.87. The molecular formula is C14H15BrN2O. The smallest absolute Gasteiger partial charge is 0.141 e. The third-order valence-electron chi connectivity index (χ3n) is 3.57. The van der Waals surface area contributed by atoms with Gasteiger partial charge in [0.25, 0.3) is 0 Å². The van der Waals surface area contributed by atoms with Crippen LogP contribution in [0.25, 0.3) is 11.4 Å². The molecule has 1 unspecified atom stereocenters. The molecule has 94 valence electrons. The zero-order valence-electron chi connectivity index (χ0n) is 10.0. The van der Waals surface area contributed by atoms with Gasteiger partial charge in [0.05, 0.1) is 0 Å². The minimum absolute atomic E-state index is 0.273. The molecule has 0 bridgehead atoms. The van der Waals surface area contributed by atoms with E-state index in [0.717, 1.165) is 35.2 Å². The Bertz CT molecular complexity index is 565. The van der Waals surface area contributed by atoms with E-state index in [1.807, 2.05) is 24.4 Å². The van der Waals surface area contributed by atoms with Gasteiger partial charge in [0.15, 0.2) is 0 Å². The second-order valence-corrected chi connectivity index (χ2v) is 5.60. The Morgan fingerprint density at radius 1 is 1.39 bits per heavy atom. The maximum absolute atomic E-state index is 9.25. The maximum atomic E-state index is 9.25. The molecule has 1 aromatic carbocycles. The summed E-state index contributed by atoms with van der Waals surface area (Å²) in [7, 11) is 0. The van der Waals surface area contributed by atoms with Crippen LogP contribution in [0.5, 0.6) is 0 Å². The highest BCUT2D eigenvalue weighted by Crippen LogP contribution is 2.31. The molecule has 2 aromatic rings. The fourth-order valence-corrected chi connectivity index (χ4v) is 3.01. The lowest BCUT2D eigenvalue weighted by molar-refractivity contribution is 0.201. The molecule has 3 rings (SSSR count). The highest BCUT2D eigenvalue weighted by atomic mass is 79.9. The fourth-order valence-electron chi connectivity index (χ4n) is 2.55. The summed E-state index contributed by atoms with van der Waals surface area (Å²) < 4.78 is 3.34. The van der Waals surface area contributed by atoms with Crippen molar-refractivity contribution in [3.63, 3.8) is 0 Å². The molecule has 1 atom stereocenters. The number of halogens is 1. The van der Waals surface area contributed by atoms with Crippen LogP contribution in [-0.2, 0) is 13.0 Å². The van der Waals surface area contributed by atoms with Crippen molar-refractivity contribution in [1.29, 1.82) is 0 Å². The van der Waals surface area contributed by atoms with Gasteiger partial charge >= 0.3 is 0 Å². The molecule has 0 saturated heterocycles. The molecule has 0 spiro atoms. The van der Waals surface area contributed by atoms with Gasteiger partial charge < -0.3 is 9.67 Å². The monoisotopic (exact) mass is 306 g/mol. The summed E-state index contributed by atoms with van der Waals surface area (Å²) in [4.78, 5) is 4.55. The highest BCUT2D eigenvalue weighted by Gasteiger charge is 2.22. The van der Waals surface area contributed by atoms with Gasteiger partial charge in [-0.25, -0.2) is 4.98 Å². The summed E-state index contributed by atoms with van der Waals surface area (Å²) in [5.74, 6) is 1.41. The van der Waals surface area contributed by atoms with Gasteiger partial charge in [-0.15, -0.1) is 0 Å². The second kappa shape index (κ2) is 4.86. The van der Waals surface area contributed by atoms with Gasteiger partial charge in [0.2, 0.25) is 0 Å². The van der Waals surface area contributed by atoms with Crippen LogP contribution >= 0.6 is 15.9 Å². The molecule has 0 amide bonds. The topological polar surface area (TPSA) is 38.0 Å². The van der Waals surface area contributed by atoms with Crippen molar-refractivity contribution in [1.82, 2.24) is 9.55 Å². The molecule has 0 radical (unpaired) electrons. The Morgan fingerprint density at radius 2 is 2.22 bits per heavy atom. The number of imidazole rings is 1. The van der Waals surface area contributed by atoms with E-state index in [1.165, 1.54) is 5.69 Å². The summed E-state index contributed by atoms with van der Waals surface area (Å²) in [6, 6.07) is 8.16. The number of fused-ring (bicyclic) bond motifs is 1. The molecule has 2 heterocycles. The summed E-state index contributed by atoms with van der Waals surface area (Å²) in [6.07, 6.45) is 3.89. The Hall–Kier alpha value is -1.13. The van der Waals surface area contributed by atoms with E-state index in [2.05, 4.69) is 31.5 Å². The predicted molar refractivity (Wildman–Crippen MR) is 74.3 cm³/mol. The Labute approximate surface area is 115 Å². The van der Waals surface area contributed by atoms with Crippen LogP contribution in [0.3, 0.4) is 0 Å². The first-order valence-corrected chi connectivity index (χ1v) is 6.99. The van der Waals surface area contributed by atoms with Crippen LogP contribution in [0.2, 0.25) is 0 Å². The van der Waals surface area contributed by atoms with E-state index < -0.39 is 0 Å². The number of aromatic nitrogens is 2. The number of nitrogens with zero attached hydrogens (tertiary/aromatic N) is 2. The molecule has 1 N–H and O–H groups in total. The standard InChI is InChI=1S/C14H15BrN2O/c15-13-4-2-1-3-12(13)14-16-8-11-7-10(9-18)5-6-17(11)14/h1-4,8,10,18H,5-7,9H2. The first-order valence-electron chi connectivity index (χ1n) is 6.19. The van der Waals surface area contributed by atoms with Crippen molar-refractivity contribution >= 4 is 15.9 Å². The van der Waals surface area contributed by atoms with Crippen molar-refractivity contribution in [2.24, 2.45) is 5.92 Å². The van der Waals surface area contributed by atoms with Crippen LogP contribution in [-0.4, -0.2) is 21.3 Å². The lowest BCUT2D eigenvalue weighted by atomic mass is 9.97. The average Bonchev–Trinajstić information content (AvgIpc) is 2.82. The second-order valence-electron chi connectivity index (χ2n) is 4.75. The highest BCUT2D eigenvalue weighted by molar-refractivity contribution is 9.10. The van der Waals surface area contributed by atoms with Gasteiger partial charge in [-0.2, -0.15) is 0 Å². The zero-order chi connectivity index (χ0) is 12.5. The number of benzene rings is 1. The van der Waals surface area contributed by atoms with Crippen LogP contribution in [0.4, 0.5) is 0 Å². The van der Waals surface area contributed by atoms with Crippen LogP contribution < -0.4 is 0 Å². The summed E-state index contributed by atoms with van der Waals surface area (Å²) in [6.45, 7) is 1.22. The minimum atomic E-state index is 0.273. The molecular weight excluding hydrogens is 292 g/mol. The largest absolute Gasteiger partial charge is 0.396 e. The van der Waals surface area contributed by atoms with Gasteiger partial charge in [-0.3, -0.25) is 0 Å². The van der Waals surface area contributed by atoms with E-state index in [9.17, 15) is 5.11 Å². The molecule has 1 aromatic heterocycles. The van der Waals surface area contributed by atoms with Gasteiger partial charge in [0.1, 0.15) is 5.82 Å². The molecule has 0 saturated carbocycles. The third kappa shape index (κ3) is 1.99. The van der Waals surface area contributed by atoms with Gasteiger partial charge in [0, 0.05) is 35.1 Å². The van der Waals surface area contributed by atoms with E-state index >= 15 is 0 Å². The number of hydrogen-bond acceptors (Lipinski definition) is 2. The van der Waals surface area contributed by atoms with E-state index in [0.29, 0.717) is 5.92 Å². The third-order valence-corrected chi connectivity index (χ3v) is 4.26. The molecule has 4 heteroatoms.